The van der Waals surface area contributed by atoms with E-state index < -0.39 is 11.2 Å². The fraction of sp³-hybridized carbons (Fsp3) is 0.714. The zero-order valence-electron chi connectivity index (χ0n) is 7.62. The summed E-state index contributed by atoms with van der Waals surface area (Å²) in [6.45, 7) is 1.62. The van der Waals surface area contributed by atoms with Gasteiger partial charge in [-0.1, -0.05) is 11.8 Å². The van der Waals surface area contributed by atoms with E-state index in [1.54, 1.807) is 11.6 Å². The SMILES string of the molecule is C[C@H](Sc1nnnn1C1CC1)C(=O)O. The standard InChI is InChI=1S/C7H10N4O2S/c1-4(6(12)13)14-7-8-9-10-11(7)5-2-3-5/h4-5H,2-3H2,1H3,(H,12,13)/t4-/m0/s1. The molecule has 1 saturated carbocycles. The molecule has 2 rings (SSSR count). The molecule has 0 aliphatic heterocycles. The first-order valence-corrected chi connectivity index (χ1v) is 5.24. The van der Waals surface area contributed by atoms with Gasteiger partial charge in [0.15, 0.2) is 0 Å². The van der Waals surface area contributed by atoms with E-state index in [-0.39, 0.29) is 0 Å². The smallest absolute Gasteiger partial charge is 0.316 e. The quantitative estimate of drug-likeness (QED) is 0.738. The van der Waals surface area contributed by atoms with Crippen LogP contribution in [0, 0.1) is 0 Å². The van der Waals surface area contributed by atoms with Crippen molar-refractivity contribution in [3.8, 4) is 0 Å². The number of aromatic nitrogens is 4. The largest absolute Gasteiger partial charge is 0.480 e. The number of tetrazole rings is 1. The van der Waals surface area contributed by atoms with Crippen LogP contribution in [0.3, 0.4) is 0 Å². The third-order valence-electron chi connectivity index (χ3n) is 1.99. The van der Waals surface area contributed by atoms with Gasteiger partial charge in [0.05, 0.1) is 6.04 Å². The lowest BCUT2D eigenvalue weighted by atomic mass is 10.5. The Balaban J connectivity index is 2.08. The zero-order valence-corrected chi connectivity index (χ0v) is 8.44. The van der Waals surface area contributed by atoms with Crippen LogP contribution >= 0.6 is 11.8 Å². The number of rotatable bonds is 4. The lowest BCUT2D eigenvalue weighted by Crippen LogP contribution is -2.13. The molecule has 1 atom stereocenters. The Bertz CT molecular complexity index is 349. The zero-order chi connectivity index (χ0) is 10.1. The third kappa shape index (κ3) is 1.87. The van der Waals surface area contributed by atoms with Crippen LogP contribution in [0.5, 0.6) is 0 Å². The summed E-state index contributed by atoms with van der Waals surface area (Å²) in [5.74, 6) is -0.847. The Morgan fingerprint density at radius 2 is 2.43 bits per heavy atom. The van der Waals surface area contributed by atoms with Crippen molar-refractivity contribution >= 4 is 17.7 Å². The van der Waals surface area contributed by atoms with E-state index in [9.17, 15) is 4.79 Å². The summed E-state index contributed by atoms with van der Waals surface area (Å²) in [5.41, 5.74) is 0. The Kier molecular flexibility index (Phi) is 2.40. The fourth-order valence-corrected chi connectivity index (χ4v) is 1.81. The van der Waals surface area contributed by atoms with E-state index in [1.165, 1.54) is 11.8 Å². The van der Waals surface area contributed by atoms with Crippen LogP contribution < -0.4 is 0 Å². The molecule has 0 saturated heterocycles. The summed E-state index contributed by atoms with van der Waals surface area (Å²) in [4.78, 5) is 10.6. The first-order valence-electron chi connectivity index (χ1n) is 4.36. The highest BCUT2D eigenvalue weighted by Gasteiger charge is 2.29. The van der Waals surface area contributed by atoms with Gasteiger partial charge in [-0.3, -0.25) is 4.79 Å². The number of hydrogen-bond donors (Lipinski definition) is 1. The fourth-order valence-electron chi connectivity index (χ4n) is 1.02. The molecule has 1 aromatic rings. The minimum absolute atomic E-state index is 0.383. The molecule has 0 unspecified atom stereocenters. The van der Waals surface area contributed by atoms with E-state index >= 15 is 0 Å². The average Bonchev–Trinajstić information content (AvgIpc) is 2.88. The molecular formula is C7H10N4O2S. The summed E-state index contributed by atoms with van der Waals surface area (Å²) in [7, 11) is 0. The van der Waals surface area contributed by atoms with Crippen molar-refractivity contribution in [1.29, 1.82) is 0 Å². The maximum absolute atomic E-state index is 10.6. The van der Waals surface area contributed by atoms with Gasteiger partial charge in [0.1, 0.15) is 5.25 Å². The highest BCUT2D eigenvalue weighted by molar-refractivity contribution is 8.00. The number of carboxylic acids is 1. The lowest BCUT2D eigenvalue weighted by Gasteiger charge is -2.04. The van der Waals surface area contributed by atoms with Crippen molar-refractivity contribution in [2.45, 2.75) is 36.2 Å². The lowest BCUT2D eigenvalue weighted by molar-refractivity contribution is -0.136. The van der Waals surface area contributed by atoms with Gasteiger partial charge < -0.3 is 5.11 Å². The molecular weight excluding hydrogens is 204 g/mol. The normalized spacial score (nSPS) is 18.1. The van der Waals surface area contributed by atoms with Gasteiger partial charge in [0.2, 0.25) is 5.16 Å². The molecule has 1 aliphatic rings. The number of aliphatic carboxylic acids is 1. The van der Waals surface area contributed by atoms with Crippen molar-refractivity contribution in [2.75, 3.05) is 0 Å². The second-order valence-corrected chi connectivity index (χ2v) is 4.54. The van der Waals surface area contributed by atoms with Crippen LogP contribution in [-0.4, -0.2) is 36.5 Å². The first kappa shape index (κ1) is 9.45. The number of thioether (sulfide) groups is 1. The number of carboxylic acid groups (broad SMARTS) is 1. The van der Waals surface area contributed by atoms with Crippen LogP contribution in [-0.2, 0) is 4.79 Å². The Morgan fingerprint density at radius 3 is 3.00 bits per heavy atom. The van der Waals surface area contributed by atoms with Crippen molar-refractivity contribution in [1.82, 2.24) is 20.2 Å². The van der Waals surface area contributed by atoms with E-state index in [0.717, 1.165) is 12.8 Å². The van der Waals surface area contributed by atoms with Gasteiger partial charge in [0, 0.05) is 0 Å². The van der Waals surface area contributed by atoms with Gasteiger partial charge in [-0.05, 0) is 30.2 Å². The molecule has 6 nitrogen and oxygen atoms in total. The van der Waals surface area contributed by atoms with Crippen molar-refractivity contribution in [2.24, 2.45) is 0 Å². The van der Waals surface area contributed by atoms with E-state index in [4.69, 9.17) is 5.11 Å². The second-order valence-electron chi connectivity index (χ2n) is 3.24. The van der Waals surface area contributed by atoms with Crippen LogP contribution in [0.2, 0.25) is 0 Å². The third-order valence-corrected chi connectivity index (χ3v) is 3.02. The van der Waals surface area contributed by atoms with Gasteiger partial charge >= 0.3 is 5.97 Å². The molecule has 0 aromatic carbocycles. The highest BCUT2D eigenvalue weighted by atomic mass is 32.2. The van der Waals surface area contributed by atoms with E-state index in [0.29, 0.717) is 11.2 Å². The summed E-state index contributed by atoms with van der Waals surface area (Å²) >= 11 is 1.18. The Hall–Kier alpha value is -1.11. The molecule has 0 radical (unpaired) electrons. The topological polar surface area (TPSA) is 80.9 Å². The van der Waals surface area contributed by atoms with Crippen molar-refractivity contribution in [3.63, 3.8) is 0 Å². The number of carbonyl (C=O) groups is 1. The molecule has 76 valence electrons. The summed E-state index contributed by atoms with van der Waals surface area (Å²) < 4.78 is 1.71. The molecule has 0 amide bonds. The summed E-state index contributed by atoms with van der Waals surface area (Å²) in [6.07, 6.45) is 2.17. The number of nitrogens with zero attached hydrogens (tertiary/aromatic N) is 4. The van der Waals surface area contributed by atoms with Crippen LogP contribution in [0.15, 0.2) is 5.16 Å². The molecule has 1 aromatic heterocycles. The molecule has 14 heavy (non-hydrogen) atoms. The number of hydrogen-bond acceptors (Lipinski definition) is 5. The van der Waals surface area contributed by atoms with Crippen molar-refractivity contribution < 1.29 is 9.90 Å². The predicted molar refractivity (Wildman–Crippen MR) is 49.0 cm³/mol. The molecule has 1 N–H and O–H groups in total. The van der Waals surface area contributed by atoms with Crippen LogP contribution in [0.4, 0.5) is 0 Å². The molecule has 1 heterocycles. The Labute approximate surface area is 84.7 Å². The van der Waals surface area contributed by atoms with Crippen LogP contribution in [0.25, 0.3) is 0 Å². The monoisotopic (exact) mass is 214 g/mol. The first-order chi connectivity index (χ1) is 6.68. The summed E-state index contributed by atoms with van der Waals surface area (Å²) in [5, 5.41) is 20.0. The minimum Gasteiger partial charge on any atom is -0.480 e. The molecule has 0 spiro atoms. The molecule has 7 heteroatoms. The van der Waals surface area contributed by atoms with E-state index in [2.05, 4.69) is 15.5 Å². The van der Waals surface area contributed by atoms with E-state index in [1.807, 2.05) is 0 Å². The second kappa shape index (κ2) is 3.56. The highest BCUT2D eigenvalue weighted by Crippen LogP contribution is 2.36. The summed E-state index contributed by atoms with van der Waals surface area (Å²) in [6, 6.07) is 0.383. The van der Waals surface area contributed by atoms with Crippen molar-refractivity contribution in [3.05, 3.63) is 0 Å². The van der Waals surface area contributed by atoms with Gasteiger partial charge in [-0.25, -0.2) is 4.68 Å². The van der Waals surface area contributed by atoms with Crippen LogP contribution in [0.1, 0.15) is 25.8 Å². The van der Waals surface area contributed by atoms with Gasteiger partial charge in [0.25, 0.3) is 0 Å². The Morgan fingerprint density at radius 1 is 1.71 bits per heavy atom. The predicted octanol–water partition coefficient (Wildman–Crippen LogP) is 0.573. The van der Waals surface area contributed by atoms with Gasteiger partial charge in [-0.2, -0.15) is 0 Å². The maximum Gasteiger partial charge on any atom is 0.316 e. The maximum atomic E-state index is 10.6. The molecule has 1 fully saturated rings. The molecule has 0 bridgehead atoms. The van der Waals surface area contributed by atoms with Gasteiger partial charge in [-0.15, -0.1) is 5.10 Å². The molecule has 1 aliphatic carbocycles. The minimum atomic E-state index is -0.847. The average molecular weight is 214 g/mol.